The molecule has 0 aliphatic carbocycles. The second-order valence-electron chi connectivity index (χ2n) is 4.76. The molecule has 3 heteroatoms. The number of benzene rings is 1. The maximum atomic E-state index is 5.90. The van der Waals surface area contributed by atoms with Crippen molar-refractivity contribution in [3.63, 3.8) is 0 Å². The van der Waals surface area contributed by atoms with Crippen molar-refractivity contribution in [1.29, 1.82) is 0 Å². The van der Waals surface area contributed by atoms with E-state index in [2.05, 4.69) is 43.2 Å². The van der Waals surface area contributed by atoms with Gasteiger partial charge in [0.1, 0.15) is 0 Å². The SMILES string of the molecule is CNC(CCN(C)C(C)C)c1ccc(Cl)cc1. The van der Waals surface area contributed by atoms with Gasteiger partial charge in [0.2, 0.25) is 0 Å². The minimum Gasteiger partial charge on any atom is -0.313 e. The van der Waals surface area contributed by atoms with E-state index in [1.54, 1.807) is 0 Å². The van der Waals surface area contributed by atoms with Crippen LogP contribution < -0.4 is 5.32 Å². The van der Waals surface area contributed by atoms with Crippen LogP contribution in [0.2, 0.25) is 5.02 Å². The molecule has 1 atom stereocenters. The lowest BCUT2D eigenvalue weighted by Gasteiger charge is -2.24. The first-order valence-electron chi connectivity index (χ1n) is 6.17. The molecule has 0 aliphatic rings. The number of nitrogens with zero attached hydrogens (tertiary/aromatic N) is 1. The summed E-state index contributed by atoms with van der Waals surface area (Å²) in [4.78, 5) is 2.36. The van der Waals surface area contributed by atoms with Gasteiger partial charge in [-0.05, 0) is 58.6 Å². The van der Waals surface area contributed by atoms with Gasteiger partial charge in [-0.3, -0.25) is 0 Å². The van der Waals surface area contributed by atoms with Crippen LogP contribution in [0.5, 0.6) is 0 Å². The maximum absolute atomic E-state index is 5.90. The predicted molar refractivity (Wildman–Crippen MR) is 75.6 cm³/mol. The normalized spacial score (nSPS) is 13.4. The van der Waals surface area contributed by atoms with Crippen molar-refractivity contribution < 1.29 is 0 Å². The molecule has 0 heterocycles. The lowest BCUT2D eigenvalue weighted by molar-refractivity contribution is 0.258. The van der Waals surface area contributed by atoms with Gasteiger partial charge in [-0.2, -0.15) is 0 Å². The topological polar surface area (TPSA) is 15.3 Å². The van der Waals surface area contributed by atoms with Gasteiger partial charge in [0.25, 0.3) is 0 Å². The Morgan fingerprint density at radius 1 is 1.24 bits per heavy atom. The number of nitrogens with one attached hydrogen (secondary N) is 1. The average molecular weight is 255 g/mol. The predicted octanol–water partition coefficient (Wildman–Crippen LogP) is 3.33. The fourth-order valence-electron chi connectivity index (χ4n) is 1.76. The Morgan fingerprint density at radius 3 is 2.29 bits per heavy atom. The standard InChI is InChI=1S/C14H23ClN2/c1-11(2)17(4)10-9-14(16-3)12-5-7-13(15)8-6-12/h5-8,11,14,16H,9-10H2,1-4H3. The molecule has 1 N–H and O–H groups in total. The van der Waals surface area contributed by atoms with Gasteiger partial charge in [0.15, 0.2) is 0 Å². The van der Waals surface area contributed by atoms with E-state index in [4.69, 9.17) is 11.6 Å². The summed E-state index contributed by atoms with van der Waals surface area (Å²) in [6.07, 6.45) is 1.10. The first-order valence-corrected chi connectivity index (χ1v) is 6.55. The molecule has 0 aromatic heterocycles. The van der Waals surface area contributed by atoms with E-state index in [1.807, 2.05) is 19.2 Å². The molecule has 0 saturated carbocycles. The third-order valence-electron chi connectivity index (χ3n) is 3.27. The molecular weight excluding hydrogens is 232 g/mol. The maximum Gasteiger partial charge on any atom is 0.0406 e. The van der Waals surface area contributed by atoms with Gasteiger partial charge in [-0.25, -0.2) is 0 Å². The van der Waals surface area contributed by atoms with Crippen LogP contribution in [0.1, 0.15) is 31.9 Å². The fraction of sp³-hybridized carbons (Fsp3) is 0.571. The zero-order valence-corrected chi connectivity index (χ0v) is 12.0. The van der Waals surface area contributed by atoms with Crippen LogP contribution in [0.15, 0.2) is 24.3 Å². The molecular formula is C14H23ClN2. The Kier molecular flexibility index (Phi) is 5.96. The van der Waals surface area contributed by atoms with E-state index < -0.39 is 0 Å². The highest BCUT2D eigenvalue weighted by Gasteiger charge is 2.11. The van der Waals surface area contributed by atoms with Crippen LogP contribution in [0.25, 0.3) is 0 Å². The minimum absolute atomic E-state index is 0.397. The van der Waals surface area contributed by atoms with Crippen molar-refractivity contribution in [3.05, 3.63) is 34.9 Å². The van der Waals surface area contributed by atoms with Gasteiger partial charge < -0.3 is 10.2 Å². The summed E-state index contributed by atoms with van der Waals surface area (Å²) in [5.41, 5.74) is 1.30. The van der Waals surface area contributed by atoms with Gasteiger partial charge in [0.05, 0.1) is 0 Å². The van der Waals surface area contributed by atoms with E-state index in [1.165, 1.54) is 5.56 Å². The number of hydrogen-bond donors (Lipinski definition) is 1. The lowest BCUT2D eigenvalue weighted by atomic mass is 10.0. The molecule has 1 unspecified atom stereocenters. The average Bonchev–Trinajstić information content (AvgIpc) is 2.31. The van der Waals surface area contributed by atoms with E-state index in [9.17, 15) is 0 Å². The highest BCUT2D eigenvalue weighted by atomic mass is 35.5. The first kappa shape index (κ1) is 14.5. The van der Waals surface area contributed by atoms with E-state index in [-0.39, 0.29) is 0 Å². The van der Waals surface area contributed by atoms with Crippen molar-refractivity contribution >= 4 is 11.6 Å². The van der Waals surface area contributed by atoms with Crippen LogP contribution in [0.3, 0.4) is 0 Å². The second kappa shape index (κ2) is 7.00. The molecule has 0 spiro atoms. The molecule has 0 amide bonds. The van der Waals surface area contributed by atoms with Crippen LogP contribution >= 0.6 is 11.6 Å². The summed E-state index contributed by atoms with van der Waals surface area (Å²) in [5, 5.41) is 4.16. The fourth-order valence-corrected chi connectivity index (χ4v) is 1.89. The van der Waals surface area contributed by atoms with Crippen molar-refractivity contribution in [2.75, 3.05) is 20.6 Å². The molecule has 1 rings (SSSR count). The van der Waals surface area contributed by atoms with Crippen molar-refractivity contribution in [2.45, 2.75) is 32.4 Å². The van der Waals surface area contributed by atoms with Crippen LogP contribution in [-0.2, 0) is 0 Å². The molecule has 0 aliphatic heterocycles. The van der Waals surface area contributed by atoms with Crippen molar-refractivity contribution in [2.24, 2.45) is 0 Å². The first-order chi connectivity index (χ1) is 8.04. The molecule has 2 nitrogen and oxygen atoms in total. The summed E-state index contributed by atoms with van der Waals surface area (Å²) < 4.78 is 0. The number of rotatable bonds is 6. The van der Waals surface area contributed by atoms with Crippen molar-refractivity contribution in [3.8, 4) is 0 Å². The molecule has 96 valence electrons. The van der Waals surface area contributed by atoms with Gasteiger partial charge in [-0.15, -0.1) is 0 Å². The Hall–Kier alpha value is -0.570. The molecule has 0 radical (unpaired) electrons. The highest BCUT2D eigenvalue weighted by molar-refractivity contribution is 6.30. The van der Waals surface area contributed by atoms with E-state index in [0.717, 1.165) is 18.0 Å². The third kappa shape index (κ3) is 4.66. The second-order valence-corrected chi connectivity index (χ2v) is 5.19. The van der Waals surface area contributed by atoms with Crippen molar-refractivity contribution in [1.82, 2.24) is 10.2 Å². The Morgan fingerprint density at radius 2 is 1.82 bits per heavy atom. The molecule has 17 heavy (non-hydrogen) atoms. The summed E-state index contributed by atoms with van der Waals surface area (Å²) in [6.45, 7) is 5.53. The van der Waals surface area contributed by atoms with E-state index in [0.29, 0.717) is 12.1 Å². The quantitative estimate of drug-likeness (QED) is 0.838. The van der Waals surface area contributed by atoms with Crippen LogP contribution in [-0.4, -0.2) is 31.6 Å². The molecule has 0 bridgehead atoms. The minimum atomic E-state index is 0.397. The molecule has 1 aromatic carbocycles. The molecule has 0 fully saturated rings. The number of hydrogen-bond acceptors (Lipinski definition) is 2. The summed E-state index contributed by atoms with van der Waals surface area (Å²) >= 11 is 5.90. The summed E-state index contributed by atoms with van der Waals surface area (Å²) in [6, 6.07) is 9.09. The molecule has 0 saturated heterocycles. The zero-order chi connectivity index (χ0) is 12.8. The highest BCUT2D eigenvalue weighted by Crippen LogP contribution is 2.19. The monoisotopic (exact) mass is 254 g/mol. The summed E-state index contributed by atoms with van der Waals surface area (Å²) in [5.74, 6) is 0. The van der Waals surface area contributed by atoms with Crippen LogP contribution in [0.4, 0.5) is 0 Å². The number of halogens is 1. The van der Waals surface area contributed by atoms with Gasteiger partial charge in [0, 0.05) is 17.1 Å². The van der Waals surface area contributed by atoms with Crippen LogP contribution in [0, 0.1) is 0 Å². The third-order valence-corrected chi connectivity index (χ3v) is 3.52. The Bertz CT molecular complexity index is 321. The smallest absolute Gasteiger partial charge is 0.0406 e. The van der Waals surface area contributed by atoms with Gasteiger partial charge >= 0.3 is 0 Å². The summed E-state index contributed by atoms with van der Waals surface area (Å²) in [7, 11) is 4.17. The Labute approximate surface area is 110 Å². The largest absolute Gasteiger partial charge is 0.313 e. The molecule has 1 aromatic rings. The lowest BCUT2D eigenvalue weighted by Crippen LogP contribution is -2.30. The van der Waals surface area contributed by atoms with Gasteiger partial charge in [-0.1, -0.05) is 23.7 Å². The zero-order valence-electron chi connectivity index (χ0n) is 11.2. The van der Waals surface area contributed by atoms with E-state index >= 15 is 0 Å². The Balaban J connectivity index is 2.57.